The van der Waals surface area contributed by atoms with Crippen molar-refractivity contribution in [1.82, 2.24) is 20.3 Å². The van der Waals surface area contributed by atoms with Gasteiger partial charge in [-0.2, -0.15) is 0 Å². The fourth-order valence-corrected chi connectivity index (χ4v) is 3.01. The Kier molecular flexibility index (Phi) is 4.09. The van der Waals surface area contributed by atoms with Crippen molar-refractivity contribution in [2.24, 2.45) is 0 Å². The summed E-state index contributed by atoms with van der Waals surface area (Å²) in [5, 5.41) is 23.9. The Morgan fingerprint density at radius 2 is 2.04 bits per heavy atom. The van der Waals surface area contributed by atoms with E-state index in [4.69, 9.17) is 5.11 Å². The molecule has 0 bridgehead atoms. The molecule has 122 valence electrons. The van der Waals surface area contributed by atoms with Crippen LogP contribution in [-0.2, 0) is 4.79 Å². The number of aliphatic carboxylic acids is 1. The Labute approximate surface area is 139 Å². The zero-order valence-electron chi connectivity index (χ0n) is 12.5. The maximum atomic E-state index is 12.4. The van der Waals surface area contributed by atoms with Gasteiger partial charge in [0, 0.05) is 23.5 Å². The molecule has 1 amide bonds. The SMILES string of the molecule is Cc1csc(-c2cc3nccnc3c(C(=O)NCC(=O)O)c2O)n1. The van der Waals surface area contributed by atoms with Crippen molar-refractivity contribution in [1.29, 1.82) is 0 Å². The van der Waals surface area contributed by atoms with Gasteiger partial charge in [-0.25, -0.2) is 4.98 Å². The summed E-state index contributed by atoms with van der Waals surface area (Å²) in [5.74, 6) is -2.24. The monoisotopic (exact) mass is 344 g/mol. The van der Waals surface area contributed by atoms with Gasteiger partial charge in [0.1, 0.15) is 28.4 Å². The number of rotatable bonds is 4. The third-order valence-corrected chi connectivity index (χ3v) is 4.21. The number of phenolic OH excluding ortho intramolecular Hbond substituents is 1. The van der Waals surface area contributed by atoms with Crippen LogP contribution in [0.4, 0.5) is 0 Å². The lowest BCUT2D eigenvalue weighted by atomic mass is 10.1. The van der Waals surface area contributed by atoms with Gasteiger partial charge in [-0.05, 0) is 13.0 Å². The molecule has 3 aromatic rings. The number of benzene rings is 1. The van der Waals surface area contributed by atoms with Gasteiger partial charge in [0.25, 0.3) is 5.91 Å². The summed E-state index contributed by atoms with van der Waals surface area (Å²) >= 11 is 1.32. The Bertz CT molecular complexity index is 954. The van der Waals surface area contributed by atoms with Gasteiger partial charge in [-0.3, -0.25) is 19.6 Å². The molecule has 8 nitrogen and oxygen atoms in total. The average molecular weight is 344 g/mol. The van der Waals surface area contributed by atoms with Crippen molar-refractivity contribution in [3.63, 3.8) is 0 Å². The topological polar surface area (TPSA) is 125 Å². The second kappa shape index (κ2) is 6.20. The van der Waals surface area contributed by atoms with Gasteiger partial charge in [-0.1, -0.05) is 0 Å². The minimum absolute atomic E-state index is 0.121. The molecule has 0 fully saturated rings. The molecule has 0 aliphatic rings. The smallest absolute Gasteiger partial charge is 0.322 e. The summed E-state index contributed by atoms with van der Waals surface area (Å²) in [7, 11) is 0. The highest BCUT2D eigenvalue weighted by atomic mass is 32.1. The van der Waals surface area contributed by atoms with Gasteiger partial charge >= 0.3 is 5.97 Å². The van der Waals surface area contributed by atoms with Crippen molar-refractivity contribution in [2.75, 3.05) is 6.54 Å². The Morgan fingerprint density at radius 1 is 1.29 bits per heavy atom. The van der Waals surface area contributed by atoms with Gasteiger partial charge in [-0.15, -0.1) is 11.3 Å². The van der Waals surface area contributed by atoms with E-state index >= 15 is 0 Å². The van der Waals surface area contributed by atoms with E-state index in [2.05, 4.69) is 20.3 Å². The number of carbonyl (C=O) groups excluding carboxylic acids is 1. The molecule has 1 aromatic carbocycles. The molecule has 0 unspecified atom stereocenters. The van der Waals surface area contributed by atoms with Crippen LogP contribution in [0.1, 0.15) is 16.1 Å². The van der Waals surface area contributed by atoms with Crippen molar-refractivity contribution in [2.45, 2.75) is 6.92 Å². The molecule has 0 spiro atoms. The normalized spacial score (nSPS) is 10.7. The van der Waals surface area contributed by atoms with Crippen LogP contribution in [0.15, 0.2) is 23.8 Å². The second-order valence-corrected chi connectivity index (χ2v) is 5.80. The van der Waals surface area contributed by atoms with Crippen LogP contribution in [-0.4, -0.2) is 43.6 Å². The van der Waals surface area contributed by atoms with Crippen molar-refractivity contribution in [3.05, 3.63) is 35.1 Å². The van der Waals surface area contributed by atoms with Crippen molar-refractivity contribution < 1.29 is 19.8 Å². The summed E-state index contributed by atoms with van der Waals surface area (Å²) in [5.41, 5.74) is 1.60. The van der Waals surface area contributed by atoms with Gasteiger partial charge in [0.2, 0.25) is 0 Å². The first-order chi connectivity index (χ1) is 11.5. The first-order valence-electron chi connectivity index (χ1n) is 6.86. The van der Waals surface area contributed by atoms with E-state index in [1.165, 1.54) is 23.7 Å². The number of carboxylic acids is 1. The molecular weight excluding hydrogens is 332 g/mol. The molecular formula is C15H12N4O4S. The maximum Gasteiger partial charge on any atom is 0.322 e. The molecule has 0 saturated carbocycles. The fraction of sp³-hybridized carbons (Fsp3) is 0.133. The van der Waals surface area contributed by atoms with Gasteiger partial charge in [0.05, 0.1) is 11.1 Å². The minimum Gasteiger partial charge on any atom is -0.506 e. The number of hydrogen-bond acceptors (Lipinski definition) is 7. The van der Waals surface area contributed by atoms with Crippen LogP contribution in [0.3, 0.4) is 0 Å². The second-order valence-electron chi connectivity index (χ2n) is 4.94. The van der Waals surface area contributed by atoms with Gasteiger partial charge < -0.3 is 15.5 Å². The van der Waals surface area contributed by atoms with Gasteiger partial charge in [0.15, 0.2) is 0 Å². The Balaban J connectivity index is 2.20. The van der Waals surface area contributed by atoms with E-state index in [0.29, 0.717) is 16.1 Å². The molecule has 2 heterocycles. The standard InChI is InChI=1S/C15H12N4O4S/c1-7-6-24-15(19-7)8-4-9-12(17-3-2-16-9)11(13(8)22)14(23)18-5-10(20)21/h2-4,6,22H,5H2,1H3,(H,18,23)(H,20,21). The maximum absolute atomic E-state index is 12.4. The number of nitrogens with zero attached hydrogens (tertiary/aromatic N) is 3. The van der Waals surface area contributed by atoms with E-state index in [0.717, 1.165) is 5.69 Å². The highest BCUT2D eigenvalue weighted by molar-refractivity contribution is 7.13. The van der Waals surface area contributed by atoms with Crippen molar-refractivity contribution >= 4 is 34.2 Å². The van der Waals surface area contributed by atoms with Crippen LogP contribution in [0.2, 0.25) is 0 Å². The predicted octanol–water partition coefficient (Wildman–Crippen LogP) is 1.58. The lowest BCUT2D eigenvalue weighted by molar-refractivity contribution is -0.135. The van der Waals surface area contributed by atoms with Crippen LogP contribution in [0.5, 0.6) is 5.75 Å². The van der Waals surface area contributed by atoms with Crippen molar-refractivity contribution in [3.8, 4) is 16.3 Å². The number of fused-ring (bicyclic) bond motifs is 1. The number of nitrogens with one attached hydrogen (secondary N) is 1. The van der Waals surface area contributed by atoms with E-state index in [-0.39, 0.29) is 16.8 Å². The quantitative estimate of drug-likeness (QED) is 0.656. The van der Waals surface area contributed by atoms with Crippen LogP contribution in [0.25, 0.3) is 21.6 Å². The zero-order valence-corrected chi connectivity index (χ0v) is 13.3. The van der Waals surface area contributed by atoms with E-state index < -0.39 is 18.4 Å². The number of thiazole rings is 1. The number of aryl methyl sites for hydroxylation is 1. The fourth-order valence-electron chi connectivity index (χ4n) is 2.20. The summed E-state index contributed by atoms with van der Waals surface area (Å²) < 4.78 is 0. The number of aromatic hydroxyl groups is 1. The molecule has 2 aromatic heterocycles. The molecule has 0 saturated heterocycles. The lowest BCUT2D eigenvalue weighted by Crippen LogP contribution is -2.29. The highest BCUT2D eigenvalue weighted by Gasteiger charge is 2.23. The van der Waals surface area contributed by atoms with E-state index in [1.54, 1.807) is 6.07 Å². The molecule has 0 atom stereocenters. The van der Waals surface area contributed by atoms with Crippen LogP contribution < -0.4 is 5.32 Å². The molecule has 0 aliphatic heterocycles. The van der Waals surface area contributed by atoms with E-state index in [1.807, 2.05) is 12.3 Å². The summed E-state index contributed by atoms with van der Waals surface area (Å²) in [6, 6.07) is 1.60. The number of carboxylic acid groups (broad SMARTS) is 1. The number of carbonyl (C=O) groups is 2. The largest absolute Gasteiger partial charge is 0.506 e. The summed E-state index contributed by atoms with van der Waals surface area (Å²) in [6.45, 7) is 1.25. The summed E-state index contributed by atoms with van der Waals surface area (Å²) in [6.07, 6.45) is 2.86. The predicted molar refractivity (Wildman–Crippen MR) is 87.0 cm³/mol. The summed E-state index contributed by atoms with van der Waals surface area (Å²) in [4.78, 5) is 35.6. The first-order valence-corrected chi connectivity index (χ1v) is 7.74. The molecule has 3 N–H and O–H groups in total. The zero-order chi connectivity index (χ0) is 17.3. The highest BCUT2D eigenvalue weighted by Crippen LogP contribution is 2.37. The number of aromatic nitrogens is 3. The lowest BCUT2D eigenvalue weighted by Gasteiger charge is -2.11. The van der Waals surface area contributed by atoms with Crippen LogP contribution in [0, 0.1) is 6.92 Å². The third-order valence-electron chi connectivity index (χ3n) is 3.21. The molecule has 9 heteroatoms. The Morgan fingerprint density at radius 3 is 2.71 bits per heavy atom. The molecule has 0 radical (unpaired) electrons. The number of phenols is 1. The molecule has 24 heavy (non-hydrogen) atoms. The first kappa shape index (κ1) is 15.8. The minimum atomic E-state index is -1.19. The number of amides is 1. The van der Waals surface area contributed by atoms with E-state index in [9.17, 15) is 14.7 Å². The number of hydrogen-bond donors (Lipinski definition) is 3. The molecule has 0 aliphatic carbocycles. The van der Waals surface area contributed by atoms with Crippen LogP contribution >= 0.6 is 11.3 Å². The molecule has 3 rings (SSSR count). The third kappa shape index (κ3) is 2.88. The Hall–Kier alpha value is -3.07. The average Bonchev–Trinajstić information content (AvgIpc) is 2.98.